The highest BCUT2D eigenvalue weighted by atomic mass is 32.2. The van der Waals surface area contributed by atoms with E-state index in [4.69, 9.17) is 0 Å². The maximum atomic E-state index is 12.8. The number of rotatable bonds is 3. The van der Waals surface area contributed by atoms with Crippen LogP contribution < -0.4 is 4.83 Å². The van der Waals surface area contributed by atoms with Crippen molar-refractivity contribution in [2.24, 2.45) is 5.10 Å². The summed E-state index contributed by atoms with van der Waals surface area (Å²) in [6.45, 7) is 5.87. The lowest BCUT2D eigenvalue weighted by Crippen LogP contribution is -2.22. The molecular weight excluding hydrogens is 360 g/mol. The fourth-order valence-corrected chi connectivity index (χ4v) is 4.30. The molecule has 5 nitrogen and oxygen atoms in total. The number of benzene rings is 3. The number of carbonyl (C=O) groups excluding carboxylic acids is 1. The highest BCUT2D eigenvalue weighted by Crippen LogP contribution is 2.35. The number of aryl methyl sites for hydroxylation is 3. The van der Waals surface area contributed by atoms with Crippen molar-refractivity contribution < 1.29 is 13.2 Å². The van der Waals surface area contributed by atoms with E-state index in [1.807, 2.05) is 39.0 Å². The number of hydrogen-bond donors (Lipinski definition) is 1. The van der Waals surface area contributed by atoms with Crippen LogP contribution in [0.5, 0.6) is 0 Å². The second kappa shape index (κ2) is 6.03. The average molecular weight is 378 g/mol. The van der Waals surface area contributed by atoms with E-state index in [0.29, 0.717) is 11.1 Å². The van der Waals surface area contributed by atoms with Gasteiger partial charge < -0.3 is 0 Å². The van der Waals surface area contributed by atoms with Gasteiger partial charge in [-0.15, -0.1) is 0 Å². The molecule has 0 radical (unpaired) electrons. The number of sulfonamides is 1. The first kappa shape index (κ1) is 17.4. The third-order valence-corrected chi connectivity index (χ3v) is 6.13. The van der Waals surface area contributed by atoms with Crippen LogP contribution >= 0.6 is 0 Å². The summed E-state index contributed by atoms with van der Waals surface area (Å²) < 4.78 is 25.0. The van der Waals surface area contributed by atoms with Gasteiger partial charge in [0.15, 0.2) is 0 Å². The summed E-state index contributed by atoms with van der Waals surface area (Å²) >= 11 is 0. The Morgan fingerprint density at radius 2 is 1.37 bits per heavy atom. The molecule has 1 aliphatic rings. The maximum absolute atomic E-state index is 12.8. The predicted molar refractivity (Wildman–Crippen MR) is 106 cm³/mol. The molecular formula is C21H18N2O3S. The maximum Gasteiger partial charge on any atom is 0.276 e. The van der Waals surface area contributed by atoms with Crippen molar-refractivity contribution in [3.8, 4) is 0 Å². The molecule has 0 aromatic heterocycles. The zero-order valence-corrected chi connectivity index (χ0v) is 16.0. The zero-order chi connectivity index (χ0) is 19.3. The van der Waals surface area contributed by atoms with Gasteiger partial charge in [0.1, 0.15) is 5.71 Å². The summed E-state index contributed by atoms with van der Waals surface area (Å²) in [7, 11) is -3.85. The minimum atomic E-state index is -3.85. The van der Waals surface area contributed by atoms with Crippen molar-refractivity contribution in [2.75, 3.05) is 0 Å². The second-order valence-corrected chi connectivity index (χ2v) is 8.47. The minimum Gasteiger partial charge on any atom is -0.287 e. The van der Waals surface area contributed by atoms with E-state index in [0.717, 1.165) is 27.5 Å². The first-order chi connectivity index (χ1) is 12.8. The SMILES string of the molecule is Cc1ccc(S(=O)(=O)N/N=C2/C(=O)c3ccc(C)c4c(C)ccc2c34)cc1. The van der Waals surface area contributed by atoms with Crippen LogP contribution in [0.15, 0.2) is 58.5 Å². The number of nitrogens with one attached hydrogen (secondary N) is 1. The van der Waals surface area contributed by atoms with Crippen LogP contribution in [-0.4, -0.2) is 19.9 Å². The van der Waals surface area contributed by atoms with Gasteiger partial charge in [0, 0.05) is 16.5 Å². The topological polar surface area (TPSA) is 75.6 Å². The Hall–Kier alpha value is -2.99. The molecule has 1 N–H and O–H groups in total. The van der Waals surface area contributed by atoms with Gasteiger partial charge in [0.25, 0.3) is 10.0 Å². The highest BCUT2D eigenvalue weighted by Gasteiger charge is 2.30. The molecule has 0 fully saturated rings. The molecule has 27 heavy (non-hydrogen) atoms. The second-order valence-electron chi connectivity index (χ2n) is 6.81. The quantitative estimate of drug-likeness (QED) is 0.707. The van der Waals surface area contributed by atoms with E-state index >= 15 is 0 Å². The first-order valence-corrected chi connectivity index (χ1v) is 10.0. The molecule has 0 heterocycles. The molecule has 6 heteroatoms. The third-order valence-electron chi connectivity index (χ3n) is 4.90. The molecule has 0 saturated heterocycles. The molecule has 4 rings (SSSR count). The molecule has 0 spiro atoms. The Bertz CT molecular complexity index is 1230. The Balaban J connectivity index is 1.80. The van der Waals surface area contributed by atoms with E-state index in [1.165, 1.54) is 12.1 Å². The lowest BCUT2D eigenvalue weighted by atomic mass is 9.97. The fourth-order valence-electron chi connectivity index (χ4n) is 3.49. The van der Waals surface area contributed by atoms with E-state index < -0.39 is 10.0 Å². The van der Waals surface area contributed by atoms with E-state index in [9.17, 15) is 13.2 Å². The minimum absolute atomic E-state index is 0.102. The van der Waals surface area contributed by atoms with Gasteiger partial charge in [-0.2, -0.15) is 18.4 Å². The van der Waals surface area contributed by atoms with Gasteiger partial charge >= 0.3 is 0 Å². The summed E-state index contributed by atoms with van der Waals surface area (Å²) in [6.07, 6.45) is 0. The third kappa shape index (κ3) is 2.73. The van der Waals surface area contributed by atoms with Crippen molar-refractivity contribution in [3.63, 3.8) is 0 Å². The first-order valence-electron chi connectivity index (χ1n) is 8.54. The van der Waals surface area contributed by atoms with Crippen LogP contribution in [0, 0.1) is 20.8 Å². The van der Waals surface area contributed by atoms with Crippen LogP contribution in [0.4, 0.5) is 0 Å². The van der Waals surface area contributed by atoms with Crippen molar-refractivity contribution in [1.29, 1.82) is 0 Å². The number of hydrazone groups is 1. The summed E-state index contributed by atoms with van der Waals surface area (Å²) in [4.78, 5) is 15.1. The van der Waals surface area contributed by atoms with Crippen molar-refractivity contribution in [1.82, 2.24) is 4.83 Å². The Morgan fingerprint density at radius 1 is 0.778 bits per heavy atom. The van der Waals surface area contributed by atoms with E-state index in [-0.39, 0.29) is 16.4 Å². The van der Waals surface area contributed by atoms with Gasteiger partial charge in [0.2, 0.25) is 5.78 Å². The van der Waals surface area contributed by atoms with Crippen LogP contribution in [0.1, 0.15) is 32.6 Å². The molecule has 0 amide bonds. The number of ketones is 1. The molecule has 3 aromatic carbocycles. The van der Waals surface area contributed by atoms with E-state index in [1.54, 1.807) is 18.2 Å². The number of nitrogens with zero attached hydrogens (tertiary/aromatic N) is 1. The van der Waals surface area contributed by atoms with Crippen LogP contribution in [0.2, 0.25) is 0 Å². The molecule has 1 aliphatic carbocycles. The highest BCUT2D eigenvalue weighted by molar-refractivity contribution is 7.89. The monoisotopic (exact) mass is 378 g/mol. The molecule has 136 valence electrons. The molecule has 0 unspecified atom stereocenters. The molecule has 3 aromatic rings. The van der Waals surface area contributed by atoms with Crippen molar-refractivity contribution in [2.45, 2.75) is 25.7 Å². The molecule has 0 aliphatic heterocycles. The van der Waals surface area contributed by atoms with Gasteiger partial charge in [-0.25, -0.2) is 0 Å². The lowest BCUT2D eigenvalue weighted by Gasteiger charge is -2.07. The van der Waals surface area contributed by atoms with Gasteiger partial charge in [-0.05, 0) is 49.4 Å². The largest absolute Gasteiger partial charge is 0.287 e. The number of Topliss-reactive ketones (excluding diaryl/α,β-unsaturated/α-hetero) is 1. The Labute approximate surface area is 157 Å². The van der Waals surface area contributed by atoms with Crippen LogP contribution in [0.3, 0.4) is 0 Å². The lowest BCUT2D eigenvalue weighted by molar-refractivity contribution is 0.107. The summed E-state index contributed by atoms with van der Waals surface area (Å²) in [5, 5.41) is 5.86. The van der Waals surface area contributed by atoms with Crippen LogP contribution in [0.25, 0.3) is 10.8 Å². The number of carbonyl (C=O) groups is 1. The number of hydrogen-bond acceptors (Lipinski definition) is 4. The molecule has 0 bridgehead atoms. The Morgan fingerprint density at radius 3 is 2.00 bits per heavy atom. The summed E-state index contributed by atoms with van der Waals surface area (Å²) in [5.74, 6) is -0.271. The van der Waals surface area contributed by atoms with Crippen LogP contribution in [-0.2, 0) is 10.0 Å². The predicted octanol–water partition coefficient (Wildman–Crippen LogP) is 3.64. The van der Waals surface area contributed by atoms with Gasteiger partial charge in [-0.3, -0.25) is 4.79 Å². The van der Waals surface area contributed by atoms with E-state index in [2.05, 4.69) is 9.93 Å². The summed E-state index contributed by atoms with van der Waals surface area (Å²) in [5.41, 5.74) is 4.44. The van der Waals surface area contributed by atoms with Gasteiger partial charge in [0.05, 0.1) is 4.90 Å². The van der Waals surface area contributed by atoms with Crippen molar-refractivity contribution in [3.05, 3.63) is 76.3 Å². The average Bonchev–Trinajstić information content (AvgIpc) is 2.90. The normalized spacial score (nSPS) is 14.9. The zero-order valence-electron chi connectivity index (χ0n) is 15.2. The standard InChI is InChI=1S/C21H18N2O3S/c1-12-4-8-15(9-5-12)27(25,26)23-22-20-16-10-6-13(2)18-14(3)7-11-17(19(16)18)21(20)24/h4-11,23H,1-3H3/b22-20+. The Kier molecular flexibility index (Phi) is 3.89. The molecule has 0 atom stereocenters. The summed E-state index contributed by atoms with van der Waals surface area (Å²) in [6, 6.07) is 13.9. The van der Waals surface area contributed by atoms with Gasteiger partial charge in [-0.1, -0.05) is 42.0 Å². The fraction of sp³-hybridized carbons (Fsp3) is 0.143. The smallest absolute Gasteiger partial charge is 0.276 e. The molecule has 0 saturated carbocycles. The van der Waals surface area contributed by atoms with Crippen molar-refractivity contribution >= 4 is 32.3 Å².